The lowest BCUT2D eigenvalue weighted by Gasteiger charge is -2.55. The normalized spacial score (nSPS) is 16.7. The van der Waals surface area contributed by atoms with E-state index in [-0.39, 0.29) is 29.1 Å². The number of methoxy groups -OCH3 is 1. The second-order valence-corrected chi connectivity index (χ2v) is 7.50. The summed E-state index contributed by atoms with van der Waals surface area (Å²) >= 11 is 0. The van der Waals surface area contributed by atoms with Gasteiger partial charge < -0.3 is 14.4 Å². The second-order valence-electron chi connectivity index (χ2n) is 7.50. The number of likely N-dealkylation sites (tertiary alicyclic amines) is 1. The fourth-order valence-corrected chi connectivity index (χ4v) is 3.65. The van der Waals surface area contributed by atoms with Gasteiger partial charge >= 0.3 is 12.0 Å². The molecule has 2 saturated heterocycles. The third-order valence-electron chi connectivity index (χ3n) is 5.29. The third-order valence-corrected chi connectivity index (χ3v) is 5.29. The number of rotatable bonds is 4. The van der Waals surface area contributed by atoms with Gasteiger partial charge in [-0.25, -0.2) is 18.4 Å². The number of ether oxygens (including phenoxy) is 2. The fourth-order valence-electron chi connectivity index (χ4n) is 3.65. The molecule has 2 aromatic carbocycles. The van der Waals surface area contributed by atoms with Crippen molar-refractivity contribution >= 4 is 17.7 Å². The van der Waals surface area contributed by atoms with Crippen LogP contribution in [0.15, 0.2) is 42.5 Å². The Morgan fingerprint density at radius 3 is 2.52 bits per heavy atom. The van der Waals surface area contributed by atoms with Crippen LogP contribution in [-0.2, 0) is 16.0 Å². The van der Waals surface area contributed by atoms with Crippen molar-refractivity contribution in [3.63, 3.8) is 0 Å². The smallest absolute Gasteiger partial charge is 0.337 e. The van der Waals surface area contributed by atoms with Crippen molar-refractivity contribution in [2.75, 3.05) is 38.3 Å². The van der Waals surface area contributed by atoms with Gasteiger partial charge in [0.15, 0.2) is 0 Å². The highest BCUT2D eigenvalue weighted by Crippen LogP contribution is 2.38. The number of hydrogen-bond donors (Lipinski definition) is 0. The predicted octanol–water partition coefficient (Wildman–Crippen LogP) is 3.21. The van der Waals surface area contributed by atoms with Gasteiger partial charge in [0.2, 0.25) is 0 Å². The lowest BCUT2D eigenvalue weighted by atomic mass is 9.78. The summed E-state index contributed by atoms with van der Waals surface area (Å²) < 4.78 is 38.2. The Kier molecular flexibility index (Phi) is 4.96. The molecule has 0 atom stereocenters. The Hall–Kier alpha value is -3.00. The van der Waals surface area contributed by atoms with Crippen LogP contribution >= 0.6 is 0 Å². The Labute approximate surface area is 166 Å². The zero-order chi connectivity index (χ0) is 20.6. The summed E-state index contributed by atoms with van der Waals surface area (Å²) in [5, 5.41) is 0. The molecular weight excluding hydrogens is 382 g/mol. The van der Waals surface area contributed by atoms with Crippen LogP contribution in [0.3, 0.4) is 0 Å². The lowest BCUT2D eigenvalue weighted by Crippen LogP contribution is -2.68. The summed E-state index contributed by atoms with van der Waals surface area (Å²) in [4.78, 5) is 27.7. The van der Waals surface area contributed by atoms with Gasteiger partial charge in [0.1, 0.15) is 11.6 Å². The number of carbonyl (C=O) groups excluding carboxylic acids is 2. The van der Waals surface area contributed by atoms with Crippen LogP contribution in [0.5, 0.6) is 0 Å². The topological polar surface area (TPSA) is 59.1 Å². The van der Waals surface area contributed by atoms with E-state index < -0.39 is 17.6 Å². The minimum Gasteiger partial charge on any atom is -0.465 e. The van der Waals surface area contributed by atoms with Crippen LogP contribution in [-0.4, -0.2) is 50.3 Å². The van der Waals surface area contributed by atoms with Crippen LogP contribution < -0.4 is 4.90 Å². The van der Waals surface area contributed by atoms with Gasteiger partial charge in [-0.15, -0.1) is 0 Å². The van der Waals surface area contributed by atoms with E-state index in [2.05, 4.69) is 4.74 Å². The van der Waals surface area contributed by atoms with Crippen LogP contribution in [0.4, 0.5) is 19.3 Å². The zero-order valence-electron chi connectivity index (χ0n) is 15.9. The number of hydrogen-bond acceptors (Lipinski definition) is 4. The van der Waals surface area contributed by atoms with E-state index in [1.807, 2.05) is 0 Å². The molecule has 0 N–H and O–H groups in total. The van der Waals surface area contributed by atoms with Gasteiger partial charge in [0.25, 0.3) is 0 Å². The molecule has 8 heteroatoms. The van der Waals surface area contributed by atoms with E-state index in [9.17, 15) is 18.4 Å². The molecule has 152 valence electrons. The van der Waals surface area contributed by atoms with Gasteiger partial charge in [-0.3, -0.25) is 4.90 Å². The third kappa shape index (κ3) is 3.67. The highest BCUT2D eigenvalue weighted by Gasteiger charge is 2.51. The second kappa shape index (κ2) is 7.44. The molecule has 2 amide bonds. The quantitative estimate of drug-likeness (QED) is 0.737. The van der Waals surface area contributed by atoms with Crippen LogP contribution in [0.2, 0.25) is 0 Å². The maximum Gasteiger partial charge on any atom is 0.337 e. The first-order valence-electron chi connectivity index (χ1n) is 9.17. The van der Waals surface area contributed by atoms with Crippen molar-refractivity contribution < 1.29 is 27.8 Å². The molecule has 0 radical (unpaired) electrons. The van der Waals surface area contributed by atoms with Gasteiger partial charge in [0.05, 0.1) is 37.8 Å². The minimum atomic E-state index is -0.651. The van der Waals surface area contributed by atoms with Gasteiger partial charge in [-0.2, -0.15) is 0 Å². The number of esters is 1. The lowest BCUT2D eigenvalue weighted by molar-refractivity contribution is -0.174. The highest BCUT2D eigenvalue weighted by atomic mass is 19.1. The molecule has 2 aliphatic heterocycles. The van der Waals surface area contributed by atoms with Gasteiger partial charge in [0, 0.05) is 24.3 Å². The van der Waals surface area contributed by atoms with Crippen LogP contribution in [0.25, 0.3) is 0 Å². The molecule has 29 heavy (non-hydrogen) atoms. The number of anilines is 1. The summed E-state index contributed by atoms with van der Waals surface area (Å²) in [7, 11) is 1.21. The Morgan fingerprint density at radius 1 is 1.17 bits per heavy atom. The molecule has 0 aromatic heterocycles. The molecule has 4 rings (SSSR count). The molecule has 2 fully saturated rings. The molecule has 2 aromatic rings. The monoisotopic (exact) mass is 402 g/mol. The summed E-state index contributed by atoms with van der Waals surface area (Å²) in [6.07, 6.45) is 0. The molecule has 0 bridgehead atoms. The molecule has 0 unspecified atom stereocenters. The van der Waals surface area contributed by atoms with Crippen LogP contribution in [0, 0.1) is 17.0 Å². The van der Waals surface area contributed by atoms with Crippen molar-refractivity contribution in [2.45, 2.75) is 6.54 Å². The van der Waals surface area contributed by atoms with Crippen molar-refractivity contribution in [2.24, 2.45) is 5.41 Å². The number of amides is 2. The number of halogens is 2. The first-order chi connectivity index (χ1) is 13.9. The van der Waals surface area contributed by atoms with E-state index in [1.54, 1.807) is 11.0 Å². The largest absolute Gasteiger partial charge is 0.465 e. The van der Waals surface area contributed by atoms with E-state index in [4.69, 9.17) is 4.74 Å². The van der Waals surface area contributed by atoms with E-state index >= 15 is 0 Å². The van der Waals surface area contributed by atoms with Crippen molar-refractivity contribution in [3.8, 4) is 0 Å². The van der Waals surface area contributed by atoms with Crippen molar-refractivity contribution in [3.05, 3.63) is 65.2 Å². The number of nitrogens with zero attached hydrogens (tertiary/aromatic N) is 2. The van der Waals surface area contributed by atoms with Crippen LogP contribution in [0.1, 0.15) is 15.9 Å². The fraction of sp³-hybridized carbons (Fsp3) is 0.333. The van der Waals surface area contributed by atoms with Crippen molar-refractivity contribution in [1.82, 2.24) is 4.90 Å². The Balaban J connectivity index is 1.59. The number of urea groups is 1. The SMILES string of the molecule is COC(=O)c1ccc(CN(C(=O)N2CC3(COC3)C2)c2cccc(F)c2)c(F)c1. The summed E-state index contributed by atoms with van der Waals surface area (Å²) in [5.74, 6) is -1.79. The minimum absolute atomic E-state index is 0.0245. The molecule has 0 aliphatic carbocycles. The number of carbonyl (C=O) groups is 2. The molecule has 2 aliphatic rings. The average molecular weight is 402 g/mol. The highest BCUT2D eigenvalue weighted by molar-refractivity contribution is 5.93. The maximum atomic E-state index is 14.6. The molecule has 1 spiro atoms. The summed E-state index contributed by atoms with van der Waals surface area (Å²) in [6.45, 7) is 2.26. The Morgan fingerprint density at radius 2 is 1.93 bits per heavy atom. The van der Waals surface area contributed by atoms with E-state index in [1.165, 1.54) is 42.3 Å². The predicted molar refractivity (Wildman–Crippen MR) is 101 cm³/mol. The molecule has 2 heterocycles. The van der Waals surface area contributed by atoms with Crippen molar-refractivity contribution in [1.29, 1.82) is 0 Å². The first-order valence-corrected chi connectivity index (χ1v) is 9.17. The molecule has 0 saturated carbocycles. The van der Waals surface area contributed by atoms with Gasteiger partial charge in [-0.05, 0) is 30.3 Å². The molecular formula is C21H20F2N2O4. The number of benzene rings is 2. The average Bonchev–Trinajstić information content (AvgIpc) is 2.64. The zero-order valence-corrected chi connectivity index (χ0v) is 15.9. The Bertz CT molecular complexity index is 953. The molecule has 6 nitrogen and oxygen atoms in total. The van der Waals surface area contributed by atoms with E-state index in [0.29, 0.717) is 32.0 Å². The van der Waals surface area contributed by atoms with Gasteiger partial charge in [-0.1, -0.05) is 12.1 Å². The van der Waals surface area contributed by atoms with E-state index in [0.717, 1.165) is 6.07 Å². The summed E-state index contributed by atoms with van der Waals surface area (Å²) in [6, 6.07) is 9.22. The maximum absolute atomic E-state index is 14.6. The standard InChI is InChI=1S/C21H20F2N2O4/c1-28-19(26)14-5-6-15(18(23)7-14)9-25(17-4-2-3-16(22)8-17)20(27)24-10-21(11-24)12-29-13-21/h2-8H,9-13H2,1H3. The first kappa shape index (κ1) is 19.3. The summed E-state index contributed by atoms with van der Waals surface area (Å²) in [5.41, 5.74) is 0.637.